The summed E-state index contributed by atoms with van der Waals surface area (Å²) in [7, 11) is 0. The molecule has 0 heterocycles. The number of unbranched alkanes of at least 4 members (excludes halogenated alkanes) is 1. The van der Waals surface area contributed by atoms with Gasteiger partial charge in [-0.15, -0.1) is 0 Å². The molecule has 0 radical (unpaired) electrons. The van der Waals surface area contributed by atoms with Gasteiger partial charge in [-0.1, -0.05) is 24.3 Å². The molecule has 2 unspecified atom stereocenters. The Balaban J connectivity index is 1.46. The number of carboxylic acid groups (broad SMARTS) is 1. The van der Waals surface area contributed by atoms with E-state index in [-0.39, 0.29) is 18.8 Å². The molecule has 1 aromatic carbocycles. The number of carbonyl (C=O) groups is 1. The average molecular weight is 403 g/mol. The molecule has 5 atom stereocenters. The molecule has 0 amide bonds. The van der Waals surface area contributed by atoms with Crippen molar-refractivity contribution in [1.29, 1.82) is 0 Å². The third-order valence-electron chi connectivity index (χ3n) is 6.28. The van der Waals surface area contributed by atoms with Crippen molar-refractivity contribution in [3.05, 3.63) is 54.4 Å². The first-order valence-electron chi connectivity index (χ1n) is 10.6. The van der Waals surface area contributed by atoms with Gasteiger partial charge in [0.05, 0.1) is 0 Å². The largest absolute Gasteiger partial charge is 0.491 e. The third-order valence-corrected chi connectivity index (χ3v) is 6.28. The highest BCUT2D eigenvalue weighted by molar-refractivity contribution is 5.66. The van der Waals surface area contributed by atoms with Gasteiger partial charge in [-0.05, 0) is 86.5 Å². The molecule has 158 valence electrons. The Morgan fingerprint density at radius 1 is 1.21 bits per heavy atom. The number of allylic oxidation sites excluding steroid dienone is 3. The van der Waals surface area contributed by atoms with Crippen LogP contribution in [0.2, 0.25) is 0 Å². The number of hydrogen-bond donors (Lipinski definition) is 2. The van der Waals surface area contributed by atoms with Gasteiger partial charge in [0.15, 0.2) is 0 Å². The van der Waals surface area contributed by atoms with Gasteiger partial charge in [-0.25, -0.2) is 4.39 Å². The summed E-state index contributed by atoms with van der Waals surface area (Å²) in [6, 6.07) is 5.79. The minimum atomic E-state index is -0.737. The van der Waals surface area contributed by atoms with E-state index in [1.165, 1.54) is 31.4 Å². The van der Waals surface area contributed by atoms with Crippen molar-refractivity contribution in [2.24, 2.45) is 23.7 Å². The lowest BCUT2D eigenvalue weighted by Gasteiger charge is -2.28. The number of aliphatic hydroxyl groups is 1. The van der Waals surface area contributed by atoms with Crippen molar-refractivity contribution in [1.82, 2.24) is 0 Å². The number of aliphatic carboxylic acids is 1. The zero-order chi connectivity index (χ0) is 20.6. The normalized spacial score (nSPS) is 27.1. The van der Waals surface area contributed by atoms with Crippen molar-refractivity contribution in [3.8, 4) is 5.75 Å². The fraction of sp³-hybridized carbons (Fsp3) is 0.542. The summed E-state index contributed by atoms with van der Waals surface area (Å²) < 4.78 is 18.5. The van der Waals surface area contributed by atoms with E-state index in [4.69, 9.17) is 9.84 Å². The number of halogens is 1. The second-order valence-corrected chi connectivity index (χ2v) is 8.28. The summed E-state index contributed by atoms with van der Waals surface area (Å²) in [5, 5.41) is 18.9. The topological polar surface area (TPSA) is 66.8 Å². The first-order chi connectivity index (χ1) is 14.0. The van der Waals surface area contributed by atoms with E-state index < -0.39 is 12.1 Å². The van der Waals surface area contributed by atoms with E-state index in [0.29, 0.717) is 29.9 Å². The maximum absolute atomic E-state index is 12.9. The molecule has 4 nitrogen and oxygen atoms in total. The van der Waals surface area contributed by atoms with Crippen LogP contribution in [-0.4, -0.2) is 28.9 Å². The fourth-order valence-corrected chi connectivity index (χ4v) is 4.87. The molecule has 2 fully saturated rings. The van der Waals surface area contributed by atoms with Crippen LogP contribution in [0, 0.1) is 29.5 Å². The Bertz CT molecular complexity index is 712. The van der Waals surface area contributed by atoms with E-state index >= 15 is 0 Å². The van der Waals surface area contributed by atoms with Crippen LogP contribution in [0.25, 0.3) is 0 Å². The van der Waals surface area contributed by atoms with E-state index in [1.807, 2.05) is 6.08 Å². The number of carboxylic acids is 1. The number of benzene rings is 1. The highest BCUT2D eigenvalue weighted by Gasteiger charge is 2.45. The van der Waals surface area contributed by atoms with Crippen molar-refractivity contribution in [2.45, 2.75) is 51.0 Å². The van der Waals surface area contributed by atoms with Gasteiger partial charge in [-0.3, -0.25) is 4.79 Å². The van der Waals surface area contributed by atoms with E-state index in [0.717, 1.165) is 18.8 Å². The van der Waals surface area contributed by atoms with Crippen LogP contribution in [0.4, 0.5) is 4.39 Å². The molecule has 5 heteroatoms. The second-order valence-electron chi connectivity index (χ2n) is 8.28. The second kappa shape index (κ2) is 10.6. The Morgan fingerprint density at radius 3 is 2.72 bits per heavy atom. The first-order valence-corrected chi connectivity index (χ1v) is 10.6. The van der Waals surface area contributed by atoms with Crippen LogP contribution in [-0.2, 0) is 4.79 Å². The highest BCUT2D eigenvalue weighted by atomic mass is 19.1. The molecule has 0 aromatic heterocycles. The Hall–Kier alpha value is -2.14. The van der Waals surface area contributed by atoms with Crippen LogP contribution in [0.5, 0.6) is 5.75 Å². The fourth-order valence-electron chi connectivity index (χ4n) is 4.87. The molecule has 1 aromatic rings. The van der Waals surface area contributed by atoms with Gasteiger partial charge in [-0.2, -0.15) is 0 Å². The molecule has 29 heavy (non-hydrogen) atoms. The number of hydrogen-bond acceptors (Lipinski definition) is 3. The zero-order valence-corrected chi connectivity index (χ0v) is 16.8. The molecular formula is C24H31FO4. The third kappa shape index (κ3) is 6.43. The van der Waals surface area contributed by atoms with Gasteiger partial charge in [0.25, 0.3) is 0 Å². The molecule has 0 saturated heterocycles. The molecule has 3 rings (SSSR count). The molecule has 2 saturated carbocycles. The van der Waals surface area contributed by atoms with Gasteiger partial charge in [0.2, 0.25) is 0 Å². The van der Waals surface area contributed by atoms with Gasteiger partial charge >= 0.3 is 5.97 Å². The molecular weight excluding hydrogens is 371 g/mol. The number of aliphatic hydroxyl groups excluding tert-OH is 1. The number of rotatable bonds is 11. The van der Waals surface area contributed by atoms with Crippen LogP contribution in [0.15, 0.2) is 48.6 Å². The summed E-state index contributed by atoms with van der Waals surface area (Å²) in [4.78, 5) is 10.6. The molecule has 2 aliphatic carbocycles. The molecule has 2 N–H and O–H groups in total. The smallest absolute Gasteiger partial charge is 0.303 e. The van der Waals surface area contributed by atoms with E-state index in [1.54, 1.807) is 12.1 Å². The Kier molecular flexibility index (Phi) is 7.87. The minimum Gasteiger partial charge on any atom is -0.491 e. The first kappa shape index (κ1) is 21.6. The number of ether oxygens (including phenoxy) is 1. The standard InChI is InChI=1S/C24H31FO4/c25-19-9-12-21(13-10-19)29-16-20(26)11-14-23-18-8-7-17(15-18)22(23)5-3-1-2-4-6-24(27)28/h1,3,9-14,17-18,20,22-23,26H,2,4-8,15-16H2,(H,27,28)/b3-1-,14-11+/t17?,18?,20-,22-,23-/m0/s1. The van der Waals surface area contributed by atoms with Crippen molar-refractivity contribution in [2.75, 3.05) is 6.61 Å². The monoisotopic (exact) mass is 402 g/mol. The average Bonchev–Trinajstić information content (AvgIpc) is 3.30. The number of fused-ring (bicyclic) bond motifs is 2. The van der Waals surface area contributed by atoms with E-state index in [9.17, 15) is 14.3 Å². The van der Waals surface area contributed by atoms with Crippen molar-refractivity contribution < 1.29 is 24.1 Å². The Morgan fingerprint density at radius 2 is 1.97 bits per heavy atom. The Labute approximate surface area is 172 Å². The van der Waals surface area contributed by atoms with Crippen LogP contribution < -0.4 is 4.74 Å². The van der Waals surface area contributed by atoms with E-state index in [2.05, 4.69) is 18.2 Å². The van der Waals surface area contributed by atoms with Crippen LogP contribution in [0.3, 0.4) is 0 Å². The van der Waals surface area contributed by atoms with Gasteiger partial charge in [0, 0.05) is 6.42 Å². The summed E-state index contributed by atoms with van der Waals surface area (Å²) >= 11 is 0. The lowest BCUT2D eigenvalue weighted by atomic mass is 9.77. The zero-order valence-electron chi connectivity index (χ0n) is 16.8. The summed E-state index contributed by atoms with van der Waals surface area (Å²) in [5.41, 5.74) is 0. The molecule has 0 spiro atoms. The highest BCUT2D eigenvalue weighted by Crippen LogP contribution is 2.54. The van der Waals surface area contributed by atoms with Crippen molar-refractivity contribution in [3.63, 3.8) is 0 Å². The quantitative estimate of drug-likeness (QED) is 0.404. The minimum absolute atomic E-state index is 0.150. The van der Waals surface area contributed by atoms with Crippen LogP contribution >= 0.6 is 0 Å². The SMILES string of the molecule is O=C(O)CCC/C=C\C[C@H]1C2CCC(C2)[C@@H]1/C=C/[C@H](O)COc1ccc(F)cc1. The summed E-state index contributed by atoms with van der Waals surface area (Å²) in [6.07, 6.45) is 14.2. The summed E-state index contributed by atoms with van der Waals surface area (Å²) in [6.45, 7) is 0.150. The summed E-state index contributed by atoms with van der Waals surface area (Å²) in [5.74, 6) is 2.04. The predicted octanol–water partition coefficient (Wildman–Crippen LogP) is 4.99. The van der Waals surface area contributed by atoms with Gasteiger partial charge in [0.1, 0.15) is 24.3 Å². The predicted molar refractivity (Wildman–Crippen MR) is 110 cm³/mol. The molecule has 2 aliphatic rings. The molecule has 0 aliphatic heterocycles. The van der Waals surface area contributed by atoms with Gasteiger partial charge < -0.3 is 14.9 Å². The van der Waals surface area contributed by atoms with Crippen LogP contribution in [0.1, 0.15) is 44.9 Å². The molecule has 2 bridgehead atoms. The lowest BCUT2D eigenvalue weighted by Crippen LogP contribution is -2.21. The maximum atomic E-state index is 12.9. The maximum Gasteiger partial charge on any atom is 0.303 e. The lowest BCUT2D eigenvalue weighted by molar-refractivity contribution is -0.137. The van der Waals surface area contributed by atoms with Crippen molar-refractivity contribution >= 4 is 5.97 Å².